The van der Waals surface area contributed by atoms with Crippen molar-refractivity contribution in [1.29, 1.82) is 5.26 Å². The molecule has 1 saturated heterocycles. The Morgan fingerprint density at radius 3 is 1.52 bits per heavy atom. The molecule has 0 aromatic carbocycles. The summed E-state index contributed by atoms with van der Waals surface area (Å²) in [6, 6.07) is 0. The zero-order valence-corrected chi connectivity index (χ0v) is 15.8. The molecule has 29 heavy (non-hydrogen) atoms. The highest BCUT2D eigenvalue weighted by Crippen LogP contribution is 2.61. The van der Waals surface area contributed by atoms with E-state index in [0.717, 1.165) is 4.90 Å². The standard InChI is InChI=1S/C13H10F13IN2/c14-8(15,1-6-3-29(5-28)4-7(6)2-27)9(16,17)10(18,19)11(20,21)12(22,23)13(24,25)26/h6-7H,1-4H2/t6-,7+/m1/s1. The molecular formula is C13H10F13IN2. The lowest BCUT2D eigenvalue weighted by atomic mass is 9.85. The van der Waals surface area contributed by atoms with Crippen molar-refractivity contribution in [2.45, 2.75) is 42.2 Å². The third-order valence-electron chi connectivity index (χ3n) is 4.43. The van der Waals surface area contributed by atoms with Crippen LogP contribution in [-0.4, -0.2) is 58.2 Å². The Balaban J connectivity index is 3.31. The summed E-state index contributed by atoms with van der Waals surface area (Å²) in [5, 5.41) is 8.69. The van der Waals surface area contributed by atoms with E-state index in [4.69, 9.17) is 5.26 Å². The van der Waals surface area contributed by atoms with Gasteiger partial charge in [0.2, 0.25) is 0 Å². The molecule has 0 aromatic heterocycles. The normalized spacial score (nSPS) is 22.7. The number of nitriles is 1. The van der Waals surface area contributed by atoms with Gasteiger partial charge in [0.25, 0.3) is 0 Å². The average molecular weight is 568 g/mol. The summed E-state index contributed by atoms with van der Waals surface area (Å²) in [7, 11) is 0. The van der Waals surface area contributed by atoms with Crippen LogP contribution in [0.15, 0.2) is 0 Å². The minimum atomic E-state index is -7.89. The fourth-order valence-electron chi connectivity index (χ4n) is 2.69. The lowest BCUT2D eigenvalue weighted by molar-refractivity contribution is -0.440. The van der Waals surface area contributed by atoms with Crippen molar-refractivity contribution in [2.75, 3.05) is 17.5 Å². The van der Waals surface area contributed by atoms with Crippen LogP contribution in [-0.2, 0) is 0 Å². The van der Waals surface area contributed by atoms with Crippen LogP contribution >= 0.6 is 22.6 Å². The molecule has 170 valence electrons. The van der Waals surface area contributed by atoms with Gasteiger partial charge in [-0.3, -0.25) is 0 Å². The van der Waals surface area contributed by atoms with Gasteiger partial charge in [0.05, 0.1) is 0 Å². The van der Waals surface area contributed by atoms with Gasteiger partial charge in [0.1, 0.15) is 0 Å². The van der Waals surface area contributed by atoms with Gasteiger partial charge in [-0.15, -0.1) is 0 Å². The van der Waals surface area contributed by atoms with Crippen LogP contribution in [0, 0.1) is 23.3 Å². The quantitative estimate of drug-likeness (QED) is 0.174. The number of halogens is 14. The number of hydrogen-bond acceptors (Lipinski definition) is 2. The van der Waals surface area contributed by atoms with Gasteiger partial charge < -0.3 is 4.90 Å². The third kappa shape index (κ3) is 4.03. The van der Waals surface area contributed by atoms with E-state index >= 15 is 0 Å². The molecule has 16 heteroatoms. The summed E-state index contributed by atoms with van der Waals surface area (Å²) >= 11 is 1.59. The highest BCUT2D eigenvalue weighted by Gasteiger charge is 2.90. The number of rotatable bonds is 7. The molecular weight excluding hydrogens is 558 g/mol. The Morgan fingerprint density at radius 2 is 1.14 bits per heavy atom. The number of hydrogen-bond donors (Lipinski definition) is 0. The van der Waals surface area contributed by atoms with Crippen LogP contribution in [0.25, 0.3) is 0 Å². The molecule has 2 atom stereocenters. The SMILES string of the molecule is N#CN1C[C@H](CI)[C@H](CC(F)(F)C(F)(F)C(F)(F)C(F)(F)C(F)(F)C(F)(F)F)C1. The van der Waals surface area contributed by atoms with Gasteiger partial charge in [-0.2, -0.15) is 62.3 Å². The van der Waals surface area contributed by atoms with Crippen LogP contribution in [0.2, 0.25) is 0 Å². The molecule has 0 aliphatic carbocycles. The Hall–Kier alpha value is -0.890. The van der Waals surface area contributed by atoms with Crippen LogP contribution < -0.4 is 0 Å². The zero-order valence-electron chi connectivity index (χ0n) is 13.7. The van der Waals surface area contributed by atoms with Crippen molar-refractivity contribution < 1.29 is 57.1 Å². The van der Waals surface area contributed by atoms with Crippen molar-refractivity contribution in [1.82, 2.24) is 4.90 Å². The van der Waals surface area contributed by atoms with E-state index in [9.17, 15) is 57.1 Å². The molecule has 0 bridgehead atoms. The Bertz CT molecular complexity index is 640. The summed E-state index contributed by atoms with van der Waals surface area (Å²) in [5.74, 6) is -39.3. The molecule has 0 radical (unpaired) electrons. The van der Waals surface area contributed by atoms with Gasteiger partial charge in [-0.25, -0.2) is 0 Å². The molecule has 1 aliphatic heterocycles. The smallest absolute Gasteiger partial charge is 0.310 e. The fraction of sp³-hybridized carbons (Fsp3) is 0.923. The molecule has 2 nitrogen and oxygen atoms in total. The summed E-state index contributed by atoms with van der Waals surface area (Å²) in [6.07, 6.45) is -8.18. The maximum atomic E-state index is 13.9. The second-order valence-corrected chi connectivity index (χ2v) is 7.26. The highest BCUT2D eigenvalue weighted by atomic mass is 127. The molecule has 1 aliphatic rings. The van der Waals surface area contributed by atoms with Crippen molar-refractivity contribution in [3.63, 3.8) is 0 Å². The molecule has 1 heterocycles. The Labute approximate surface area is 168 Å². The fourth-order valence-corrected chi connectivity index (χ4v) is 3.68. The summed E-state index contributed by atoms with van der Waals surface area (Å²) < 4.78 is 170. The second kappa shape index (κ2) is 7.66. The van der Waals surface area contributed by atoms with Crippen molar-refractivity contribution in [3.05, 3.63) is 0 Å². The maximum absolute atomic E-state index is 13.9. The second-order valence-electron chi connectivity index (χ2n) is 6.38. The maximum Gasteiger partial charge on any atom is 0.460 e. The van der Waals surface area contributed by atoms with Crippen LogP contribution in [0.4, 0.5) is 57.1 Å². The molecule has 0 N–H and O–H groups in total. The van der Waals surface area contributed by atoms with Crippen molar-refractivity contribution >= 4 is 22.6 Å². The first-order valence-corrected chi connectivity index (χ1v) is 8.90. The van der Waals surface area contributed by atoms with E-state index in [1.165, 1.54) is 6.19 Å². The van der Waals surface area contributed by atoms with Crippen molar-refractivity contribution in [2.24, 2.45) is 11.8 Å². The summed E-state index contributed by atoms with van der Waals surface area (Å²) in [4.78, 5) is 0.798. The first-order valence-electron chi connectivity index (χ1n) is 7.37. The largest absolute Gasteiger partial charge is 0.460 e. The molecule has 0 amide bonds. The lowest BCUT2D eigenvalue weighted by Crippen LogP contribution is -2.70. The molecule has 0 spiro atoms. The van der Waals surface area contributed by atoms with Gasteiger partial charge >= 0.3 is 35.8 Å². The lowest BCUT2D eigenvalue weighted by Gasteiger charge is -2.40. The van der Waals surface area contributed by atoms with E-state index in [-0.39, 0.29) is 11.0 Å². The van der Waals surface area contributed by atoms with Crippen LogP contribution in [0.5, 0.6) is 0 Å². The van der Waals surface area contributed by atoms with Crippen LogP contribution in [0.1, 0.15) is 6.42 Å². The molecule has 0 aromatic rings. The molecule has 0 unspecified atom stereocenters. The number of likely N-dealkylation sites (tertiary alicyclic amines) is 1. The van der Waals surface area contributed by atoms with E-state index in [1.54, 1.807) is 22.6 Å². The number of nitrogens with zero attached hydrogens (tertiary/aromatic N) is 2. The Kier molecular flexibility index (Phi) is 6.91. The van der Waals surface area contributed by atoms with E-state index in [0.29, 0.717) is 0 Å². The van der Waals surface area contributed by atoms with Gasteiger partial charge in [-0.05, 0) is 11.8 Å². The van der Waals surface area contributed by atoms with Crippen molar-refractivity contribution in [3.8, 4) is 6.19 Å². The Morgan fingerprint density at radius 1 is 0.724 bits per heavy atom. The predicted octanol–water partition coefficient (Wildman–Crippen LogP) is 5.58. The van der Waals surface area contributed by atoms with Gasteiger partial charge in [0.15, 0.2) is 6.19 Å². The minimum Gasteiger partial charge on any atom is -0.310 e. The van der Waals surface area contributed by atoms with E-state index in [2.05, 4.69) is 0 Å². The monoisotopic (exact) mass is 568 g/mol. The molecule has 1 rings (SSSR count). The average Bonchev–Trinajstić information content (AvgIpc) is 2.94. The third-order valence-corrected chi connectivity index (χ3v) is 5.56. The highest BCUT2D eigenvalue weighted by molar-refractivity contribution is 14.1. The van der Waals surface area contributed by atoms with E-state index in [1.807, 2.05) is 0 Å². The minimum absolute atomic E-state index is 0.0407. The first-order chi connectivity index (χ1) is 12.7. The van der Waals surface area contributed by atoms with Crippen LogP contribution in [0.3, 0.4) is 0 Å². The topological polar surface area (TPSA) is 27.0 Å². The first kappa shape index (κ1) is 26.1. The summed E-state index contributed by atoms with van der Waals surface area (Å²) in [5.41, 5.74) is 0. The molecule has 0 saturated carbocycles. The predicted molar refractivity (Wildman–Crippen MR) is 78.5 cm³/mol. The zero-order chi connectivity index (χ0) is 23.3. The number of alkyl halides is 14. The summed E-state index contributed by atoms with van der Waals surface area (Å²) in [6.45, 7) is -0.888. The van der Waals surface area contributed by atoms with Gasteiger partial charge in [0, 0.05) is 23.9 Å². The molecule has 1 fully saturated rings. The van der Waals surface area contributed by atoms with E-state index < -0.39 is 60.6 Å². The van der Waals surface area contributed by atoms with Gasteiger partial charge in [-0.1, -0.05) is 22.6 Å².